The van der Waals surface area contributed by atoms with Crippen molar-refractivity contribution in [1.29, 1.82) is 0 Å². The average molecular weight is 536 g/mol. The number of hydrogen-bond acceptors (Lipinski definition) is 8. The fourth-order valence-corrected chi connectivity index (χ4v) is 4.47. The lowest BCUT2D eigenvalue weighted by Crippen LogP contribution is -2.46. The van der Waals surface area contributed by atoms with Gasteiger partial charge in [0, 0.05) is 32.7 Å². The van der Waals surface area contributed by atoms with Crippen molar-refractivity contribution in [2.75, 3.05) is 37.3 Å². The summed E-state index contributed by atoms with van der Waals surface area (Å²) in [5.74, 6) is -0.405. The zero-order valence-corrected chi connectivity index (χ0v) is 20.6. The van der Waals surface area contributed by atoms with Crippen LogP contribution in [-0.4, -0.2) is 67.0 Å². The minimum atomic E-state index is -4.51. The molecular weight excluding hydrogens is 511 g/mol. The molecule has 2 N–H and O–H groups in total. The van der Waals surface area contributed by atoms with Gasteiger partial charge in [-0.15, -0.1) is 10.2 Å². The molecule has 0 spiro atoms. The second-order valence-corrected chi connectivity index (χ2v) is 10.5. The third-order valence-electron chi connectivity index (χ3n) is 5.76. The fraction of sp³-hybridized carbons (Fsp3) is 0.292. The summed E-state index contributed by atoms with van der Waals surface area (Å²) in [6.45, 7) is 2.47. The molecule has 0 bridgehead atoms. The molecule has 13 heteroatoms. The molecule has 1 aromatic heterocycles. The zero-order chi connectivity index (χ0) is 26.8. The van der Waals surface area contributed by atoms with E-state index in [1.807, 2.05) is 14.5 Å². The smallest absolute Gasteiger partial charge is 0.416 e. The lowest BCUT2D eigenvalue weighted by Gasteiger charge is -2.35. The van der Waals surface area contributed by atoms with Crippen molar-refractivity contribution < 1.29 is 31.5 Å². The molecule has 2 aromatic carbocycles. The van der Waals surface area contributed by atoms with Crippen molar-refractivity contribution >= 4 is 21.7 Å². The highest BCUT2D eigenvalue weighted by atomic mass is 32.2. The Morgan fingerprint density at radius 3 is 2.32 bits per heavy atom. The molecule has 9 nitrogen and oxygen atoms in total. The molecule has 1 amide bonds. The molecule has 3 aromatic rings. The van der Waals surface area contributed by atoms with Gasteiger partial charge in [-0.1, -0.05) is 12.1 Å². The SMILES string of the molecule is CS(=O)(=O)NC(=O)c1ccc(N2CCN(Cc3cc(-c4cccc(O)c4)cc(C(F)(F)F)c3)CC2)nn1. The summed E-state index contributed by atoms with van der Waals surface area (Å²) in [6, 6.07) is 13.0. The van der Waals surface area contributed by atoms with Gasteiger partial charge in [-0.25, -0.2) is 13.1 Å². The van der Waals surface area contributed by atoms with E-state index in [2.05, 4.69) is 10.2 Å². The van der Waals surface area contributed by atoms with E-state index in [9.17, 15) is 31.5 Å². The molecule has 1 fully saturated rings. The number of alkyl halides is 3. The van der Waals surface area contributed by atoms with Crippen LogP contribution in [0, 0.1) is 0 Å². The van der Waals surface area contributed by atoms with E-state index < -0.39 is 27.7 Å². The number of carbonyl (C=O) groups excluding carboxylic acids is 1. The van der Waals surface area contributed by atoms with E-state index in [4.69, 9.17) is 0 Å². The highest BCUT2D eigenvalue weighted by molar-refractivity contribution is 7.89. The van der Waals surface area contributed by atoms with Gasteiger partial charge in [0.05, 0.1) is 11.8 Å². The Labute approximate surface area is 211 Å². The number of nitrogens with zero attached hydrogens (tertiary/aromatic N) is 4. The maximum absolute atomic E-state index is 13.6. The van der Waals surface area contributed by atoms with Gasteiger partial charge in [-0.05, 0) is 59.2 Å². The number of nitrogens with one attached hydrogen (secondary N) is 1. The number of rotatable bonds is 6. The average Bonchev–Trinajstić information content (AvgIpc) is 2.83. The van der Waals surface area contributed by atoms with Crippen molar-refractivity contribution in [3.05, 3.63) is 71.4 Å². The number of piperazine rings is 1. The number of aromatic nitrogens is 2. The standard InChI is InChI=1S/C24H24F3N5O4S/c1-37(35,36)30-23(34)21-5-6-22(29-28-21)32-9-7-31(8-10-32)15-16-11-18(13-19(12-16)24(25,26)27)17-3-2-4-20(33)14-17/h2-6,11-14,33H,7-10,15H2,1H3,(H,30,34). The maximum Gasteiger partial charge on any atom is 0.416 e. The number of sulfonamides is 1. The van der Waals surface area contributed by atoms with Crippen LogP contribution in [0.25, 0.3) is 11.1 Å². The molecule has 0 saturated carbocycles. The number of benzene rings is 2. The van der Waals surface area contributed by atoms with Crippen molar-refractivity contribution in [2.24, 2.45) is 0 Å². The van der Waals surface area contributed by atoms with Crippen LogP contribution in [0.15, 0.2) is 54.6 Å². The summed E-state index contributed by atoms with van der Waals surface area (Å²) in [6.07, 6.45) is -3.65. The summed E-state index contributed by atoms with van der Waals surface area (Å²) in [4.78, 5) is 15.8. The number of amides is 1. The van der Waals surface area contributed by atoms with E-state index in [1.165, 1.54) is 18.2 Å². The molecule has 0 aliphatic carbocycles. The van der Waals surface area contributed by atoms with Crippen LogP contribution in [0.5, 0.6) is 5.75 Å². The molecule has 0 atom stereocenters. The first-order valence-corrected chi connectivity index (χ1v) is 13.1. The quantitative estimate of drug-likeness (QED) is 0.495. The van der Waals surface area contributed by atoms with Gasteiger partial charge in [0.1, 0.15) is 5.75 Å². The van der Waals surface area contributed by atoms with Crippen LogP contribution in [0.2, 0.25) is 0 Å². The Bertz CT molecular complexity index is 1390. The van der Waals surface area contributed by atoms with E-state index in [0.717, 1.165) is 18.4 Å². The maximum atomic E-state index is 13.6. The minimum absolute atomic E-state index is 0.0280. The first-order valence-electron chi connectivity index (χ1n) is 11.2. The van der Waals surface area contributed by atoms with Crippen LogP contribution in [0.3, 0.4) is 0 Å². The lowest BCUT2D eigenvalue weighted by molar-refractivity contribution is -0.137. The Morgan fingerprint density at radius 1 is 1.00 bits per heavy atom. The van der Waals surface area contributed by atoms with Gasteiger partial charge in [-0.3, -0.25) is 9.69 Å². The molecule has 2 heterocycles. The number of carbonyl (C=O) groups is 1. The molecular formula is C24H24F3N5O4S. The van der Waals surface area contributed by atoms with Gasteiger partial charge < -0.3 is 10.0 Å². The van der Waals surface area contributed by atoms with Gasteiger partial charge in [-0.2, -0.15) is 13.2 Å². The molecule has 4 rings (SSSR count). The van der Waals surface area contributed by atoms with E-state index in [0.29, 0.717) is 55.2 Å². The Balaban J connectivity index is 1.43. The number of phenols is 1. The van der Waals surface area contributed by atoms with E-state index in [-0.39, 0.29) is 11.4 Å². The van der Waals surface area contributed by atoms with Gasteiger partial charge in [0.15, 0.2) is 11.5 Å². The van der Waals surface area contributed by atoms with Crippen LogP contribution in [-0.2, 0) is 22.7 Å². The number of hydrogen-bond donors (Lipinski definition) is 2. The van der Waals surface area contributed by atoms with E-state index >= 15 is 0 Å². The Kier molecular flexibility index (Phi) is 7.37. The molecule has 0 radical (unpaired) electrons. The zero-order valence-electron chi connectivity index (χ0n) is 19.7. The largest absolute Gasteiger partial charge is 0.508 e. The van der Waals surface area contributed by atoms with Gasteiger partial charge in [0.25, 0.3) is 5.91 Å². The highest BCUT2D eigenvalue weighted by Crippen LogP contribution is 2.34. The van der Waals surface area contributed by atoms with Crippen molar-refractivity contribution in [3.63, 3.8) is 0 Å². The number of halogens is 3. The second kappa shape index (κ2) is 10.3. The molecule has 1 aliphatic rings. The topological polar surface area (TPSA) is 116 Å². The van der Waals surface area contributed by atoms with E-state index in [1.54, 1.807) is 24.3 Å². The van der Waals surface area contributed by atoms with Crippen LogP contribution in [0.4, 0.5) is 19.0 Å². The normalized spacial score (nSPS) is 15.0. The highest BCUT2D eigenvalue weighted by Gasteiger charge is 2.31. The van der Waals surface area contributed by atoms with Gasteiger partial charge >= 0.3 is 6.18 Å². The predicted octanol–water partition coefficient (Wildman–Crippen LogP) is 2.88. The minimum Gasteiger partial charge on any atom is -0.508 e. The third-order valence-corrected chi connectivity index (χ3v) is 6.32. The monoisotopic (exact) mass is 535 g/mol. The number of anilines is 1. The molecule has 37 heavy (non-hydrogen) atoms. The summed E-state index contributed by atoms with van der Waals surface area (Å²) < 4.78 is 65.0. The summed E-state index contributed by atoms with van der Waals surface area (Å²) in [5.41, 5.74) is 0.471. The van der Waals surface area contributed by atoms with Crippen LogP contribution >= 0.6 is 0 Å². The summed E-state index contributed by atoms with van der Waals surface area (Å²) in [7, 11) is -3.72. The third kappa shape index (κ3) is 6.95. The van der Waals surface area contributed by atoms with Crippen LogP contribution < -0.4 is 9.62 Å². The predicted molar refractivity (Wildman–Crippen MR) is 130 cm³/mol. The first-order chi connectivity index (χ1) is 17.4. The van der Waals surface area contributed by atoms with Crippen LogP contribution in [0.1, 0.15) is 21.6 Å². The molecule has 1 saturated heterocycles. The first kappa shape index (κ1) is 26.4. The molecule has 196 valence electrons. The second-order valence-electron chi connectivity index (χ2n) is 8.71. The van der Waals surface area contributed by atoms with Crippen molar-refractivity contribution in [1.82, 2.24) is 19.8 Å². The molecule has 0 unspecified atom stereocenters. The molecule has 1 aliphatic heterocycles. The van der Waals surface area contributed by atoms with Crippen molar-refractivity contribution in [2.45, 2.75) is 12.7 Å². The Hall–Kier alpha value is -3.71. The Morgan fingerprint density at radius 2 is 1.73 bits per heavy atom. The fourth-order valence-electron chi connectivity index (χ4n) is 4.03. The summed E-state index contributed by atoms with van der Waals surface area (Å²) in [5, 5.41) is 17.6. The summed E-state index contributed by atoms with van der Waals surface area (Å²) >= 11 is 0. The van der Waals surface area contributed by atoms with Gasteiger partial charge in [0.2, 0.25) is 10.0 Å². The van der Waals surface area contributed by atoms with Crippen molar-refractivity contribution in [3.8, 4) is 16.9 Å². The lowest BCUT2D eigenvalue weighted by atomic mass is 9.99. The number of aromatic hydroxyl groups is 1. The number of phenolic OH excluding ortho intramolecular Hbond substituents is 1.